The molecule has 3 nitrogen and oxygen atoms in total. The molecular weight excluding hydrogens is 166 g/mol. The van der Waals surface area contributed by atoms with Crippen LogP contribution in [0, 0.1) is 0 Å². The fourth-order valence-electron chi connectivity index (χ4n) is 1.05. The van der Waals surface area contributed by atoms with Gasteiger partial charge in [0.2, 0.25) is 0 Å². The topological polar surface area (TPSA) is 63.3 Å². The smallest absolute Gasteiger partial charge is 0.305 e. The van der Waals surface area contributed by atoms with E-state index in [-0.39, 0.29) is 12.5 Å². The second-order valence-corrected chi connectivity index (χ2v) is 3.19. The fourth-order valence-corrected chi connectivity index (χ4v) is 1.05. The van der Waals surface area contributed by atoms with Crippen LogP contribution in [0.1, 0.15) is 39.0 Å². The molecule has 13 heavy (non-hydrogen) atoms. The molecule has 0 aliphatic heterocycles. The van der Waals surface area contributed by atoms with Gasteiger partial charge in [0, 0.05) is 6.04 Å². The second-order valence-electron chi connectivity index (χ2n) is 3.19. The molecule has 3 heteroatoms. The Bertz CT molecular complexity index is 166. The molecule has 0 aliphatic carbocycles. The van der Waals surface area contributed by atoms with Crippen molar-refractivity contribution >= 4 is 5.97 Å². The minimum Gasteiger partial charge on any atom is -0.481 e. The van der Waals surface area contributed by atoms with Gasteiger partial charge >= 0.3 is 5.97 Å². The summed E-state index contributed by atoms with van der Waals surface area (Å²) in [6.07, 6.45) is 8.36. The fraction of sp³-hybridized carbons (Fsp3) is 0.700. The highest BCUT2D eigenvalue weighted by Crippen LogP contribution is 2.00. The molecule has 0 rings (SSSR count). The largest absolute Gasteiger partial charge is 0.481 e. The highest BCUT2D eigenvalue weighted by molar-refractivity contribution is 5.67. The number of carbonyl (C=O) groups is 1. The van der Waals surface area contributed by atoms with Crippen molar-refractivity contribution < 1.29 is 9.90 Å². The van der Waals surface area contributed by atoms with Gasteiger partial charge < -0.3 is 10.8 Å². The van der Waals surface area contributed by atoms with Crippen molar-refractivity contribution in [2.24, 2.45) is 5.73 Å². The molecule has 0 radical (unpaired) electrons. The molecule has 0 spiro atoms. The van der Waals surface area contributed by atoms with Crippen LogP contribution in [-0.2, 0) is 4.79 Å². The number of carboxylic acid groups (broad SMARTS) is 1. The van der Waals surface area contributed by atoms with Gasteiger partial charge in [0.1, 0.15) is 0 Å². The molecule has 0 aromatic heterocycles. The molecule has 0 saturated carbocycles. The van der Waals surface area contributed by atoms with Crippen LogP contribution >= 0.6 is 0 Å². The van der Waals surface area contributed by atoms with E-state index in [4.69, 9.17) is 10.8 Å². The van der Waals surface area contributed by atoms with Crippen molar-refractivity contribution in [3.8, 4) is 0 Å². The van der Waals surface area contributed by atoms with Crippen LogP contribution in [0.15, 0.2) is 12.2 Å². The SMILES string of the molecule is CCCCC/C=C/C(N)CC(=O)O. The van der Waals surface area contributed by atoms with Gasteiger partial charge in [-0.1, -0.05) is 31.9 Å². The summed E-state index contributed by atoms with van der Waals surface area (Å²) < 4.78 is 0. The predicted octanol–water partition coefficient (Wildman–Crippen LogP) is 1.92. The number of nitrogens with two attached hydrogens (primary N) is 1. The quantitative estimate of drug-likeness (QED) is 0.470. The Morgan fingerprint density at radius 3 is 2.77 bits per heavy atom. The summed E-state index contributed by atoms with van der Waals surface area (Å²) in [4.78, 5) is 10.2. The number of hydrogen-bond acceptors (Lipinski definition) is 2. The van der Waals surface area contributed by atoms with Crippen molar-refractivity contribution in [3.05, 3.63) is 12.2 Å². The van der Waals surface area contributed by atoms with E-state index in [1.165, 1.54) is 12.8 Å². The van der Waals surface area contributed by atoms with E-state index in [1.54, 1.807) is 6.08 Å². The van der Waals surface area contributed by atoms with E-state index in [0.29, 0.717) is 0 Å². The molecule has 1 atom stereocenters. The molecule has 76 valence electrons. The zero-order chi connectivity index (χ0) is 10.1. The average Bonchev–Trinajstić information content (AvgIpc) is 2.02. The molecule has 3 N–H and O–H groups in total. The predicted molar refractivity (Wildman–Crippen MR) is 53.5 cm³/mol. The maximum atomic E-state index is 10.2. The summed E-state index contributed by atoms with van der Waals surface area (Å²) in [7, 11) is 0. The van der Waals surface area contributed by atoms with E-state index >= 15 is 0 Å². The molecule has 0 saturated heterocycles. The van der Waals surface area contributed by atoms with Crippen LogP contribution in [0.4, 0.5) is 0 Å². The summed E-state index contributed by atoms with van der Waals surface area (Å²) in [5.41, 5.74) is 5.52. The summed E-state index contributed by atoms with van der Waals surface area (Å²) >= 11 is 0. The highest BCUT2D eigenvalue weighted by Gasteiger charge is 2.02. The van der Waals surface area contributed by atoms with Crippen molar-refractivity contribution in [2.75, 3.05) is 0 Å². The molecular formula is C10H19NO2. The lowest BCUT2D eigenvalue weighted by atomic mass is 10.1. The van der Waals surface area contributed by atoms with Gasteiger partial charge in [-0.25, -0.2) is 0 Å². The zero-order valence-electron chi connectivity index (χ0n) is 8.20. The maximum Gasteiger partial charge on any atom is 0.305 e. The first-order valence-corrected chi connectivity index (χ1v) is 4.80. The molecule has 0 bridgehead atoms. The molecule has 0 fully saturated rings. The molecule has 0 aliphatic rings. The summed E-state index contributed by atoms with van der Waals surface area (Å²) in [5.74, 6) is -0.842. The molecule has 1 unspecified atom stereocenters. The first-order valence-electron chi connectivity index (χ1n) is 4.80. The van der Waals surface area contributed by atoms with Crippen molar-refractivity contribution in [1.82, 2.24) is 0 Å². The van der Waals surface area contributed by atoms with Crippen LogP contribution in [0.25, 0.3) is 0 Å². The Balaban J connectivity index is 3.41. The third kappa shape index (κ3) is 9.08. The Kier molecular flexibility index (Phi) is 7.30. The first kappa shape index (κ1) is 12.2. The number of allylic oxidation sites excluding steroid dienone is 1. The van der Waals surface area contributed by atoms with Crippen molar-refractivity contribution in [2.45, 2.75) is 45.1 Å². The maximum absolute atomic E-state index is 10.2. The molecule has 0 amide bonds. The van der Waals surface area contributed by atoms with E-state index in [0.717, 1.165) is 12.8 Å². The third-order valence-electron chi connectivity index (χ3n) is 1.77. The van der Waals surface area contributed by atoms with Gasteiger partial charge in [-0.3, -0.25) is 4.79 Å². The van der Waals surface area contributed by atoms with E-state index < -0.39 is 5.97 Å². The van der Waals surface area contributed by atoms with Crippen LogP contribution in [0.5, 0.6) is 0 Å². The van der Waals surface area contributed by atoms with E-state index in [9.17, 15) is 4.79 Å². The lowest BCUT2D eigenvalue weighted by Gasteiger charge is -2.00. The van der Waals surface area contributed by atoms with Crippen LogP contribution in [-0.4, -0.2) is 17.1 Å². The van der Waals surface area contributed by atoms with Gasteiger partial charge in [-0.15, -0.1) is 0 Å². The van der Waals surface area contributed by atoms with Gasteiger partial charge in [0.05, 0.1) is 6.42 Å². The highest BCUT2D eigenvalue weighted by atomic mass is 16.4. The van der Waals surface area contributed by atoms with Crippen molar-refractivity contribution in [1.29, 1.82) is 0 Å². The number of aliphatic carboxylic acids is 1. The van der Waals surface area contributed by atoms with Gasteiger partial charge in [0.25, 0.3) is 0 Å². The van der Waals surface area contributed by atoms with Gasteiger partial charge in [-0.2, -0.15) is 0 Å². The number of unbranched alkanes of at least 4 members (excludes halogenated alkanes) is 3. The minimum absolute atomic E-state index is 0.0181. The Hall–Kier alpha value is -0.830. The first-order chi connectivity index (χ1) is 6.16. The monoisotopic (exact) mass is 185 g/mol. The third-order valence-corrected chi connectivity index (χ3v) is 1.77. The average molecular weight is 185 g/mol. The van der Waals surface area contributed by atoms with Crippen molar-refractivity contribution in [3.63, 3.8) is 0 Å². The summed E-state index contributed by atoms with van der Waals surface area (Å²) in [6, 6.07) is -0.334. The number of carboxylic acids is 1. The second kappa shape index (κ2) is 7.80. The summed E-state index contributed by atoms with van der Waals surface area (Å²) in [5, 5.41) is 8.41. The van der Waals surface area contributed by atoms with Gasteiger partial charge in [-0.05, 0) is 12.8 Å². The number of rotatable bonds is 7. The standard InChI is InChI=1S/C10H19NO2/c1-2-3-4-5-6-7-9(11)8-10(12)13/h6-7,9H,2-5,8,11H2,1H3,(H,12,13)/b7-6+. The Labute approximate surface area is 79.6 Å². The van der Waals surface area contributed by atoms with Crippen LogP contribution < -0.4 is 5.73 Å². The summed E-state index contributed by atoms with van der Waals surface area (Å²) in [6.45, 7) is 2.15. The zero-order valence-corrected chi connectivity index (χ0v) is 8.20. The van der Waals surface area contributed by atoms with Crippen LogP contribution in [0.3, 0.4) is 0 Å². The number of hydrogen-bond donors (Lipinski definition) is 2. The van der Waals surface area contributed by atoms with Crippen LogP contribution in [0.2, 0.25) is 0 Å². The van der Waals surface area contributed by atoms with Gasteiger partial charge in [0.15, 0.2) is 0 Å². The minimum atomic E-state index is -0.842. The lowest BCUT2D eigenvalue weighted by molar-refractivity contribution is -0.137. The Morgan fingerprint density at radius 1 is 1.54 bits per heavy atom. The Morgan fingerprint density at radius 2 is 2.23 bits per heavy atom. The molecule has 0 heterocycles. The molecule has 0 aromatic rings. The molecule has 0 aromatic carbocycles. The lowest BCUT2D eigenvalue weighted by Crippen LogP contribution is -2.20. The normalized spacial score (nSPS) is 13.4. The van der Waals surface area contributed by atoms with E-state index in [2.05, 4.69) is 6.92 Å². The van der Waals surface area contributed by atoms with E-state index in [1.807, 2.05) is 6.08 Å².